The molecule has 1 N–H and O–H groups in total. The number of fused-ring (bicyclic) bond motifs is 3. The summed E-state index contributed by atoms with van der Waals surface area (Å²) in [4.78, 5) is 24.4. The second-order valence-corrected chi connectivity index (χ2v) is 13.4. The van der Waals surface area contributed by atoms with Crippen molar-refractivity contribution in [1.82, 2.24) is 0 Å². The van der Waals surface area contributed by atoms with Crippen LogP contribution in [0.15, 0.2) is 47.4 Å². The lowest BCUT2D eigenvalue weighted by molar-refractivity contribution is -0.228. The van der Waals surface area contributed by atoms with Gasteiger partial charge in [0.15, 0.2) is 9.84 Å². The summed E-state index contributed by atoms with van der Waals surface area (Å²) in [6.07, 6.45) is -4.79. The minimum atomic E-state index is -5.19. The zero-order valence-corrected chi connectivity index (χ0v) is 22.4. The highest BCUT2D eigenvalue weighted by molar-refractivity contribution is 7.92. The molecule has 0 radical (unpaired) electrons. The van der Waals surface area contributed by atoms with Crippen LogP contribution >= 0.6 is 0 Å². The molecule has 1 saturated carbocycles. The third-order valence-electron chi connectivity index (χ3n) is 8.70. The molecule has 2 aliphatic carbocycles. The van der Waals surface area contributed by atoms with E-state index in [2.05, 4.69) is 0 Å². The fourth-order valence-electron chi connectivity index (χ4n) is 6.11. The van der Waals surface area contributed by atoms with Crippen molar-refractivity contribution in [2.24, 2.45) is 17.3 Å². The second kappa shape index (κ2) is 9.38. The van der Waals surface area contributed by atoms with Crippen molar-refractivity contribution in [1.29, 1.82) is 0 Å². The van der Waals surface area contributed by atoms with Crippen LogP contribution in [0, 0.1) is 23.1 Å². The number of aryl methyl sites for hydroxylation is 1. The molecule has 0 saturated heterocycles. The fourth-order valence-corrected chi connectivity index (χ4v) is 8.61. The minimum Gasteiger partial charge on any atom is -0.481 e. The van der Waals surface area contributed by atoms with E-state index in [1.165, 1.54) is 19.9 Å². The maximum Gasteiger partial charge on any atom is 0.426 e. The molecule has 1 fully saturated rings. The van der Waals surface area contributed by atoms with Gasteiger partial charge in [-0.15, -0.1) is 0 Å². The highest BCUT2D eigenvalue weighted by Gasteiger charge is 2.61. The number of carboxylic acid groups (broad SMARTS) is 1. The van der Waals surface area contributed by atoms with Gasteiger partial charge in [-0.1, -0.05) is 18.2 Å². The Morgan fingerprint density at radius 3 is 2.18 bits per heavy atom. The largest absolute Gasteiger partial charge is 0.481 e. The molecule has 1 unspecified atom stereocenters. The first-order valence-corrected chi connectivity index (χ1v) is 14.0. The highest BCUT2D eigenvalue weighted by Crippen LogP contribution is 2.60. The highest BCUT2D eigenvalue weighted by atomic mass is 32.2. The summed E-state index contributed by atoms with van der Waals surface area (Å²) in [6.45, 7) is 2.97. The molecule has 0 heterocycles. The van der Waals surface area contributed by atoms with Crippen LogP contribution in [0.1, 0.15) is 63.1 Å². The third kappa shape index (κ3) is 4.46. The molecule has 0 bridgehead atoms. The van der Waals surface area contributed by atoms with Crippen molar-refractivity contribution in [3.8, 4) is 0 Å². The summed E-state index contributed by atoms with van der Waals surface area (Å²) in [5.74, 6) is -3.71. The molecular weight excluding hydrogens is 543 g/mol. The Morgan fingerprint density at radius 1 is 1.00 bits per heavy atom. The number of halogens is 5. The molecule has 4 rings (SSSR count). The number of Topliss-reactive ketones (excluding diaryl/α,β-unsaturated/α-hetero) is 1. The monoisotopic (exact) mass is 572 g/mol. The molecule has 0 amide bonds. The van der Waals surface area contributed by atoms with Gasteiger partial charge in [0.2, 0.25) is 5.67 Å². The van der Waals surface area contributed by atoms with E-state index in [0.717, 1.165) is 36.4 Å². The summed E-state index contributed by atoms with van der Waals surface area (Å²) < 4.78 is 95.7. The lowest BCUT2D eigenvalue weighted by Crippen LogP contribution is -2.45. The van der Waals surface area contributed by atoms with Gasteiger partial charge in [0.1, 0.15) is 21.8 Å². The minimum absolute atomic E-state index is 0.0152. The molecule has 11 heteroatoms. The van der Waals surface area contributed by atoms with Crippen LogP contribution in [0.2, 0.25) is 0 Å². The van der Waals surface area contributed by atoms with E-state index in [1.807, 2.05) is 0 Å². The molecule has 2 aromatic rings. The number of alkyl halides is 4. The van der Waals surface area contributed by atoms with Crippen molar-refractivity contribution >= 4 is 21.6 Å². The molecule has 5 nitrogen and oxygen atoms in total. The van der Waals surface area contributed by atoms with E-state index < -0.39 is 66.8 Å². The van der Waals surface area contributed by atoms with Crippen LogP contribution in [0.25, 0.3) is 0 Å². The van der Waals surface area contributed by atoms with Gasteiger partial charge in [0.05, 0.1) is 4.90 Å². The van der Waals surface area contributed by atoms with Crippen molar-refractivity contribution < 1.29 is 45.1 Å². The van der Waals surface area contributed by atoms with Gasteiger partial charge in [0, 0.05) is 6.42 Å². The average Bonchev–Trinajstić information content (AvgIpc) is 3.23. The average molecular weight is 573 g/mol. The number of rotatable bonds is 7. The Kier molecular flexibility index (Phi) is 7.02. The number of ketones is 1. The molecule has 212 valence electrons. The SMILES string of the molecule is CC(C)(C(=O)O)C(=O)C[C@@H]1CC[C@@]2(S(=O)(=O)c3ccc(F)cc3)c3ccc(C(C)(F)C(F)(F)F)cc3CC[C@@H]12. The predicted molar refractivity (Wildman–Crippen MR) is 132 cm³/mol. The number of sulfone groups is 1. The van der Waals surface area contributed by atoms with E-state index in [4.69, 9.17) is 0 Å². The van der Waals surface area contributed by atoms with Crippen LogP contribution < -0.4 is 0 Å². The zero-order chi connectivity index (χ0) is 29.2. The number of benzene rings is 2. The van der Waals surface area contributed by atoms with Crippen LogP contribution in [0.5, 0.6) is 0 Å². The number of hydrogen-bond donors (Lipinski definition) is 1. The summed E-state index contributed by atoms with van der Waals surface area (Å²) in [7, 11) is -4.30. The van der Waals surface area contributed by atoms with Crippen LogP contribution in [0.3, 0.4) is 0 Å². The zero-order valence-electron chi connectivity index (χ0n) is 21.6. The normalized spacial score (nSPS) is 24.9. The van der Waals surface area contributed by atoms with E-state index in [9.17, 15) is 45.1 Å². The van der Waals surface area contributed by atoms with E-state index >= 15 is 0 Å². The molecule has 4 atom stereocenters. The Bertz CT molecular complexity index is 1410. The van der Waals surface area contributed by atoms with Gasteiger partial charge in [-0.25, -0.2) is 17.2 Å². The van der Waals surface area contributed by atoms with Crippen LogP contribution in [-0.2, 0) is 36.3 Å². The number of carboxylic acids is 1. The summed E-state index contributed by atoms with van der Waals surface area (Å²) in [5, 5.41) is 9.49. The van der Waals surface area contributed by atoms with Gasteiger partial charge in [-0.2, -0.15) is 13.2 Å². The Balaban J connectivity index is 1.87. The first kappa shape index (κ1) is 29.2. The molecular formula is C28H29F5O5S. The maximum atomic E-state index is 14.8. The fraction of sp³-hybridized carbons (Fsp3) is 0.500. The van der Waals surface area contributed by atoms with E-state index in [0.29, 0.717) is 6.92 Å². The van der Waals surface area contributed by atoms with Crippen molar-refractivity contribution in [2.45, 2.75) is 74.4 Å². The molecule has 39 heavy (non-hydrogen) atoms. The van der Waals surface area contributed by atoms with Crippen molar-refractivity contribution in [3.05, 3.63) is 65.0 Å². The first-order chi connectivity index (χ1) is 17.9. The summed E-state index contributed by atoms with van der Waals surface area (Å²) in [6, 6.07) is 7.46. The van der Waals surface area contributed by atoms with Gasteiger partial charge in [0.25, 0.3) is 0 Å². The molecule has 0 spiro atoms. The molecule has 0 aromatic heterocycles. The number of aliphatic carboxylic acids is 1. The second-order valence-electron chi connectivity index (χ2n) is 11.2. The summed E-state index contributed by atoms with van der Waals surface area (Å²) in [5.41, 5.74) is -5.49. The third-order valence-corrected chi connectivity index (χ3v) is 11.3. The first-order valence-electron chi connectivity index (χ1n) is 12.5. The number of carbonyl (C=O) groups is 2. The van der Waals surface area contributed by atoms with Gasteiger partial charge in [-0.3, -0.25) is 9.59 Å². The topological polar surface area (TPSA) is 88.5 Å². The standard InChI is InChI=1S/C28H29F5O5S/c1-25(2,24(35)36)23(34)15-17-12-13-27(39(37,38)20-8-6-19(29)7-9-20)21(17)10-4-16-14-18(5-11-22(16)27)26(3,30)28(31,32)33/h5-9,11,14,17,21H,4,10,12-13,15H2,1-3H3,(H,35,36)/t17-,21-,26?,27-/m0/s1. The Labute approximate surface area is 223 Å². The Hall–Kier alpha value is -2.82. The number of carbonyl (C=O) groups excluding carboxylic acids is 1. The van der Waals surface area contributed by atoms with Gasteiger partial charge >= 0.3 is 12.1 Å². The van der Waals surface area contributed by atoms with E-state index in [-0.39, 0.29) is 48.1 Å². The lowest BCUT2D eigenvalue weighted by Gasteiger charge is -2.43. The van der Waals surface area contributed by atoms with Crippen LogP contribution in [0.4, 0.5) is 22.0 Å². The molecule has 2 aliphatic rings. The molecule has 2 aromatic carbocycles. The van der Waals surface area contributed by atoms with Gasteiger partial charge in [-0.05, 0) is 99.2 Å². The van der Waals surface area contributed by atoms with Crippen molar-refractivity contribution in [2.75, 3.05) is 0 Å². The van der Waals surface area contributed by atoms with Crippen molar-refractivity contribution in [3.63, 3.8) is 0 Å². The quantitative estimate of drug-likeness (QED) is 0.240. The maximum absolute atomic E-state index is 14.8. The van der Waals surface area contributed by atoms with E-state index in [1.54, 1.807) is 0 Å². The Morgan fingerprint density at radius 2 is 1.62 bits per heavy atom. The van der Waals surface area contributed by atoms with Gasteiger partial charge < -0.3 is 5.11 Å². The number of hydrogen-bond acceptors (Lipinski definition) is 4. The summed E-state index contributed by atoms with van der Waals surface area (Å²) >= 11 is 0. The molecule has 0 aliphatic heterocycles. The smallest absolute Gasteiger partial charge is 0.426 e. The predicted octanol–water partition coefficient (Wildman–Crippen LogP) is 6.28. The van der Waals surface area contributed by atoms with Crippen LogP contribution in [-0.4, -0.2) is 31.5 Å². The lowest BCUT2D eigenvalue weighted by atomic mass is 9.71.